The van der Waals surface area contributed by atoms with Crippen LogP contribution in [0.5, 0.6) is 0 Å². The highest BCUT2D eigenvalue weighted by Gasteiger charge is 2.16. The molecule has 13 heavy (non-hydrogen) atoms. The highest BCUT2D eigenvalue weighted by molar-refractivity contribution is 7.08. The number of nitrogens with zero attached hydrogens (tertiary/aromatic N) is 2. The number of carbonyl (C=O) groups excluding carboxylic acids is 1. The van der Waals surface area contributed by atoms with E-state index < -0.39 is 0 Å². The van der Waals surface area contributed by atoms with Crippen molar-refractivity contribution in [1.82, 2.24) is 9.59 Å². The molecule has 4 heteroatoms. The van der Waals surface area contributed by atoms with Gasteiger partial charge in [0, 0.05) is 6.42 Å². The van der Waals surface area contributed by atoms with Crippen LogP contribution < -0.4 is 0 Å². The number of carbonyl (C=O) groups is 1. The molecule has 0 aliphatic heterocycles. The predicted octanol–water partition coefficient (Wildman–Crippen LogP) is 2.42. The van der Waals surface area contributed by atoms with Gasteiger partial charge in [-0.15, -0.1) is 11.7 Å². The summed E-state index contributed by atoms with van der Waals surface area (Å²) in [6.07, 6.45) is 1.97. The third-order valence-electron chi connectivity index (χ3n) is 1.64. The number of ketones is 1. The van der Waals surface area contributed by atoms with Crippen LogP contribution in [-0.4, -0.2) is 15.4 Å². The number of aromatic nitrogens is 2. The standard InChI is InChI=1S/C9H12N2OS/c1-4-5-7(12)9-8(6(2)3)10-11-13-9/h4,6H,1,5H2,2-3H3. The van der Waals surface area contributed by atoms with E-state index in [1.807, 2.05) is 13.8 Å². The molecule has 0 bridgehead atoms. The van der Waals surface area contributed by atoms with Gasteiger partial charge in [0.05, 0.1) is 5.69 Å². The average molecular weight is 196 g/mol. The van der Waals surface area contributed by atoms with E-state index in [1.54, 1.807) is 6.08 Å². The van der Waals surface area contributed by atoms with Crippen molar-refractivity contribution in [3.63, 3.8) is 0 Å². The second-order valence-electron chi connectivity index (χ2n) is 3.06. The normalized spacial score (nSPS) is 10.4. The number of rotatable bonds is 4. The molecule has 0 atom stereocenters. The first-order valence-corrected chi connectivity index (χ1v) is 4.90. The van der Waals surface area contributed by atoms with Gasteiger partial charge in [0.2, 0.25) is 0 Å². The number of allylic oxidation sites excluding steroid dienone is 1. The van der Waals surface area contributed by atoms with E-state index in [0.717, 1.165) is 5.69 Å². The molecule has 70 valence electrons. The molecule has 0 aromatic carbocycles. The third-order valence-corrected chi connectivity index (χ3v) is 2.43. The molecule has 0 N–H and O–H groups in total. The summed E-state index contributed by atoms with van der Waals surface area (Å²) in [5, 5.41) is 3.93. The average Bonchev–Trinajstić information content (AvgIpc) is 2.52. The lowest BCUT2D eigenvalue weighted by atomic mass is 10.1. The monoisotopic (exact) mass is 196 g/mol. The van der Waals surface area contributed by atoms with Crippen LogP contribution in [0.1, 0.15) is 41.6 Å². The summed E-state index contributed by atoms with van der Waals surface area (Å²) in [6.45, 7) is 7.53. The molecule has 0 unspecified atom stereocenters. The topological polar surface area (TPSA) is 42.9 Å². The molecule has 0 radical (unpaired) electrons. The highest BCUT2D eigenvalue weighted by atomic mass is 32.1. The molecule has 0 saturated heterocycles. The SMILES string of the molecule is C=CCC(=O)c1snnc1C(C)C. The number of Topliss-reactive ketones (excluding diaryl/α,β-unsaturated/α-hetero) is 1. The van der Waals surface area contributed by atoms with Crippen molar-refractivity contribution in [2.75, 3.05) is 0 Å². The maximum atomic E-state index is 11.5. The van der Waals surface area contributed by atoms with Crippen LogP contribution in [0.4, 0.5) is 0 Å². The van der Waals surface area contributed by atoms with Crippen molar-refractivity contribution in [2.45, 2.75) is 26.2 Å². The molecule has 0 spiro atoms. The quantitative estimate of drug-likeness (QED) is 0.548. The summed E-state index contributed by atoms with van der Waals surface area (Å²) >= 11 is 1.17. The number of hydrogen-bond donors (Lipinski definition) is 0. The predicted molar refractivity (Wildman–Crippen MR) is 53.1 cm³/mol. The van der Waals surface area contributed by atoms with E-state index in [-0.39, 0.29) is 11.7 Å². The minimum atomic E-state index is 0.0636. The van der Waals surface area contributed by atoms with Crippen LogP contribution in [0.25, 0.3) is 0 Å². The molecular weight excluding hydrogens is 184 g/mol. The summed E-state index contributed by atoms with van der Waals surface area (Å²) in [4.78, 5) is 12.2. The minimum absolute atomic E-state index is 0.0636. The zero-order valence-electron chi connectivity index (χ0n) is 7.78. The van der Waals surface area contributed by atoms with Gasteiger partial charge < -0.3 is 0 Å². The van der Waals surface area contributed by atoms with Crippen LogP contribution in [0.15, 0.2) is 12.7 Å². The van der Waals surface area contributed by atoms with E-state index in [1.165, 1.54) is 11.5 Å². The zero-order valence-corrected chi connectivity index (χ0v) is 8.60. The van der Waals surface area contributed by atoms with Gasteiger partial charge in [-0.3, -0.25) is 4.79 Å². The maximum Gasteiger partial charge on any atom is 0.180 e. The summed E-state index contributed by atoms with van der Waals surface area (Å²) in [5.41, 5.74) is 0.803. The van der Waals surface area contributed by atoms with Gasteiger partial charge >= 0.3 is 0 Å². The first-order chi connectivity index (χ1) is 6.16. The van der Waals surface area contributed by atoms with Gasteiger partial charge in [0.25, 0.3) is 0 Å². The van der Waals surface area contributed by atoms with Gasteiger partial charge in [0.1, 0.15) is 4.88 Å². The van der Waals surface area contributed by atoms with Gasteiger partial charge in [0.15, 0.2) is 5.78 Å². The van der Waals surface area contributed by atoms with Crippen molar-refractivity contribution in [2.24, 2.45) is 0 Å². The summed E-state index contributed by atoms with van der Waals surface area (Å²) in [6, 6.07) is 0. The Kier molecular flexibility index (Phi) is 3.31. The van der Waals surface area contributed by atoms with E-state index in [0.29, 0.717) is 11.3 Å². The van der Waals surface area contributed by atoms with E-state index in [4.69, 9.17) is 0 Å². The fourth-order valence-corrected chi connectivity index (χ4v) is 1.76. The highest BCUT2D eigenvalue weighted by Crippen LogP contribution is 2.20. The van der Waals surface area contributed by atoms with Crippen LogP contribution >= 0.6 is 11.5 Å². The maximum absolute atomic E-state index is 11.5. The van der Waals surface area contributed by atoms with Crippen molar-refractivity contribution in [3.05, 3.63) is 23.2 Å². The third kappa shape index (κ3) is 2.21. The van der Waals surface area contributed by atoms with E-state index in [9.17, 15) is 4.79 Å². The van der Waals surface area contributed by atoms with Crippen molar-refractivity contribution in [1.29, 1.82) is 0 Å². The molecular formula is C9H12N2OS. The summed E-state index contributed by atoms with van der Waals surface area (Å²) < 4.78 is 3.78. The molecule has 3 nitrogen and oxygen atoms in total. The zero-order chi connectivity index (χ0) is 9.84. The lowest BCUT2D eigenvalue weighted by Crippen LogP contribution is -2.00. The number of hydrogen-bond acceptors (Lipinski definition) is 4. The molecule has 0 saturated carbocycles. The molecule has 1 aromatic heterocycles. The fraction of sp³-hybridized carbons (Fsp3) is 0.444. The van der Waals surface area contributed by atoms with Crippen molar-refractivity contribution in [3.8, 4) is 0 Å². The van der Waals surface area contributed by atoms with E-state index >= 15 is 0 Å². The van der Waals surface area contributed by atoms with Gasteiger partial charge in [-0.05, 0) is 17.5 Å². The molecule has 0 aliphatic rings. The Balaban J connectivity index is 2.93. The van der Waals surface area contributed by atoms with Crippen molar-refractivity contribution >= 4 is 17.3 Å². The molecule has 0 fully saturated rings. The Morgan fingerprint density at radius 3 is 2.92 bits per heavy atom. The summed E-state index contributed by atoms with van der Waals surface area (Å²) in [5.74, 6) is 0.316. The molecule has 0 amide bonds. The van der Waals surface area contributed by atoms with Crippen molar-refractivity contribution < 1.29 is 4.79 Å². The molecule has 1 heterocycles. The summed E-state index contributed by atoms with van der Waals surface area (Å²) in [7, 11) is 0. The largest absolute Gasteiger partial charge is 0.293 e. The van der Waals surface area contributed by atoms with Gasteiger partial charge in [-0.1, -0.05) is 24.4 Å². The Hall–Kier alpha value is -1.03. The Bertz CT molecular complexity index is 317. The second-order valence-corrected chi connectivity index (χ2v) is 3.81. The Morgan fingerprint density at radius 2 is 2.38 bits per heavy atom. The lowest BCUT2D eigenvalue weighted by molar-refractivity contribution is 0.0998. The van der Waals surface area contributed by atoms with Crippen LogP contribution in [-0.2, 0) is 0 Å². The van der Waals surface area contributed by atoms with Gasteiger partial charge in [-0.25, -0.2) is 0 Å². The first kappa shape index (κ1) is 10.1. The minimum Gasteiger partial charge on any atom is -0.293 e. The second kappa shape index (κ2) is 4.28. The molecule has 1 aromatic rings. The fourth-order valence-electron chi connectivity index (χ4n) is 0.993. The van der Waals surface area contributed by atoms with Gasteiger partial charge in [-0.2, -0.15) is 0 Å². The van der Waals surface area contributed by atoms with Crippen LogP contribution in [0.2, 0.25) is 0 Å². The molecule has 0 aliphatic carbocycles. The van der Waals surface area contributed by atoms with Crippen LogP contribution in [0.3, 0.4) is 0 Å². The van der Waals surface area contributed by atoms with E-state index in [2.05, 4.69) is 16.2 Å². The smallest absolute Gasteiger partial charge is 0.180 e. The van der Waals surface area contributed by atoms with Crippen LogP contribution in [0, 0.1) is 0 Å². The Labute approximate surface area is 81.6 Å². The lowest BCUT2D eigenvalue weighted by Gasteiger charge is -2.00. The first-order valence-electron chi connectivity index (χ1n) is 4.13. The molecule has 1 rings (SSSR count). The Morgan fingerprint density at radius 1 is 1.69 bits per heavy atom.